The van der Waals surface area contributed by atoms with E-state index in [0.717, 1.165) is 5.75 Å². The highest BCUT2D eigenvalue weighted by molar-refractivity contribution is 9.10. The quantitative estimate of drug-likeness (QED) is 0.797. The number of thioether (sulfide) groups is 1. The lowest BCUT2D eigenvalue weighted by molar-refractivity contribution is -0.141. The predicted octanol–water partition coefficient (Wildman–Crippen LogP) is 1.67. The van der Waals surface area contributed by atoms with E-state index >= 15 is 0 Å². The predicted molar refractivity (Wildman–Crippen MR) is 78.3 cm³/mol. The summed E-state index contributed by atoms with van der Waals surface area (Å²) in [6, 6.07) is 4.16. The van der Waals surface area contributed by atoms with Crippen LogP contribution in [0.25, 0.3) is 0 Å². The largest absolute Gasteiger partial charge is 0.480 e. The number of aliphatic carboxylic acids is 1. The summed E-state index contributed by atoms with van der Waals surface area (Å²) in [5.74, 6) is -0.108. The lowest BCUT2D eigenvalue weighted by Crippen LogP contribution is -2.50. The molecule has 1 aromatic carbocycles. The summed E-state index contributed by atoms with van der Waals surface area (Å²) >= 11 is 4.84. The minimum Gasteiger partial charge on any atom is -0.480 e. The van der Waals surface area contributed by atoms with Gasteiger partial charge in [0.2, 0.25) is 0 Å². The summed E-state index contributed by atoms with van der Waals surface area (Å²) in [5.41, 5.74) is 6.56. The van der Waals surface area contributed by atoms with Crippen LogP contribution in [0.4, 0.5) is 5.69 Å². The second kappa shape index (κ2) is 5.83. The molecule has 0 aliphatic carbocycles. The highest BCUT2D eigenvalue weighted by Crippen LogP contribution is 2.25. The molecular weight excluding hydrogens is 332 g/mol. The molecule has 1 unspecified atom stereocenters. The molecule has 0 radical (unpaired) electrons. The summed E-state index contributed by atoms with van der Waals surface area (Å²) in [6.07, 6.45) is 0. The molecule has 102 valence electrons. The molecule has 1 heterocycles. The summed E-state index contributed by atoms with van der Waals surface area (Å²) in [7, 11) is 0. The zero-order chi connectivity index (χ0) is 14.0. The number of rotatable bonds is 2. The first-order chi connectivity index (χ1) is 9.00. The molecule has 1 aliphatic heterocycles. The van der Waals surface area contributed by atoms with Crippen molar-refractivity contribution in [3.63, 3.8) is 0 Å². The van der Waals surface area contributed by atoms with Crippen molar-refractivity contribution in [1.29, 1.82) is 0 Å². The number of amides is 1. The minimum absolute atomic E-state index is 0.299. The van der Waals surface area contributed by atoms with Gasteiger partial charge in [-0.25, -0.2) is 4.79 Å². The van der Waals surface area contributed by atoms with Gasteiger partial charge in [-0.2, -0.15) is 11.8 Å². The van der Waals surface area contributed by atoms with E-state index in [4.69, 9.17) is 5.73 Å². The van der Waals surface area contributed by atoms with Crippen LogP contribution in [0.1, 0.15) is 10.4 Å². The Bertz CT molecular complexity index is 524. The van der Waals surface area contributed by atoms with Crippen LogP contribution in [-0.4, -0.2) is 46.0 Å². The third-order valence-corrected chi connectivity index (χ3v) is 4.61. The van der Waals surface area contributed by atoms with Crippen LogP contribution in [0.3, 0.4) is 0 Å². The molecule has 1 amide bonds. The van der Waals surface area contributed by atoms with Gasteiger partial charge in [0.15, 0.2) is 0 Å². The molecular formula is C12H13BrN2O3S. The Kier molecular flexibility index (Phi) is 4.36. The number of carbonyl (C=O) groups excluding carboxylic acids is 1. The Labute approximate surface area is 123 Å². The van der Waals surface area contributed by atoms with Crippen molar-refractivity contribution < 1.29 is 14.7 Å². The normalized spacial score (nSPS) is 19.2. The average molecular weight is 345 g/mol. The molecule has 0 saturated carbocycles. The number of carboxylic acids is 1. The molecule has 0 spiro atoms. The van der Waals surface area contributed by atoms with E-state index in [1.807, 2.05) is 0 Å². The number of hydrogen-bond donors (Lipinski definition) is 2. The van der Waals surface area contributed by atoms with Crippen LogP contribution in [0.5, 0.6) is 0 Å². The minimum atomic E-state index is -0.972. The highest BCUT2D eigenvalue weighted by atomic mass is 79.9. The number of carboxylic acid groups (broad SMARTS) is 1. The zero-order valence-electron chi connectivity index (χ0n) is 10.0. The SMILES string of the molecule is Nc1ccc(Br)c(C(=O)N2CCSCC2C(=O)O)c1. The van der Waals surface area contributed by atoms with Crippen molar-refractivity contribution in [2.75, 3.05) is 23.8 Å². The first-order valence-electron chi connectivity index (χ1n) is 5.67. The fourth-order valence-electron chi connectivity index (χ4n) is 1.91. The summed E-state index contributed by atoms with van der Waals surface area (Å²) < 4.78 is 0.620. The van der Waals surface area contributed by atoms with Crippen molar-refractivity contribution in [2.45, 2.75) is 6.04 Å². The zero-order valence-corrected chi connectivity index (χ0v) is 12.4. The molecule has 1 aromatic rings. The van der Waals surface area contributed by atoms with Gasteiger partial charge in [0.05, 0.1) is 5.56 Å². The van der Waals surface area contributed by atoms with Crippen LogP contribution in [0.15, 0.2) is 22.7 Å². The Morgan fingerprint density at radius 2 is 2.21 bits per heavy atom. The van der Waals surface area contributed by atoms with Crippen LogP contribution < -0.4 is 5.73 Å². The second-order valence-electron chi connectivity index (χ2n) is 4.17. The number of benzene rings is 1. The van der Waals surface area contributed by atoms with E-state index in [1.165, 1.54) is 4.90 Å². The van der Waals surface area contributed by atoms with Crippen molar-refractivity contribution in [3.8, 4) is 0 Å². The van der Waals surface area contributed by atoms with Crippen molar-refractivity contribution in [2.24, 2.45) is 0 Å². The molecule has 0 aromatic heterocycles. The Morgan fingerprint density at radius 1 is 1.47 bits per heavy atom. The molecule has 1 aliphatic rings. The maximum absolute atomic E-state index is 12.5. The van der Waals surface area contributed by atoms with Crippen LogP contribution in [0.2, 0.25) is 0 Å². The van der Waals surface area contributed by atoms with Gasteiger partial charge in [0.1, 0.15) is 6.04 Å². The molecule has 19 heavy (non-hydrogen) atoms. The third kappa shape index (κ3) is 3.03. The maximum Gasteiger partial charge on any atom is 0.327 e. The molecule has 1 saturated heterocycles. The van der Waals surface area contributed by atoms with Gasteiger partial charge >= 0.3 is 5.97 Å². The molecule has 1 atom stereocenters. The van der Waals surface area contributed by atoms with Crippen LogP contribution >= 0.6 is 27.7 Å². The summed E-state index contributed by atoms with van der Waals surface area (Å²) in [6.45, 7) is 0.432. The standard InChI is InChI=1S/C12H13BrN2O3S/c13-9-2-1-7(14)5-8(9)11(16)15-3-4-19-6-10(15)12(17)18/h1-2,5,10H,3-4,6,14H2,(H,17,18). The topological polar surface area (TPSA) is 83.6 Å². The Balaban J connectivity index is 2.31. The van der Waals surface area contributed by atoms with E-state index in [-0.39, 0.29) is 5.91 Å². The number of nitrogen functional groups attached to an aromatic ring is 1. The van der Waals surface area contributed by atoms with Crippen LogP contribution in [0, 0.1) is 0 Å². The first kappa shape index (κ1) is 14.2. The number of anilines is 1. The lowest BCUT2D eigenvalue weighted by atomic mass is 10.1. The Hall–Kier alpha value is -1.21. The van der Waals surface area contributed by atoms with Gasteiger partial charge in [-0.1, -0.05) is 0 Å². The lowest BCUT2D eigenvalue weighted by Gasteiger charge is -2.32. The first-order valence-corrected chi connectivity index (χ1v) is 7.62. The van der Waals surface area contributed by atoms with Gasteiger partial charge in [-0.3, -0.25) is 4.79 Å². The number of halogens is 1. The van der Waals surface area contributed by atoms with Crippen molar-refractivity contribution in [1.82, 2.24) is 4.90 Å². The molecule has 7 heteroatoms. The third-order valence-electron chi connectivity index (χ3n) is 2.90. The number of nitrogens with zero attached hydrogens (tertiary/aromatic N) is 1. The van der Waals surface area contributed by atoms with Gasteiger partial charge in [-0.05, 0) is 34.1 Å². The summed E-state index contributed by atoms with van der Waals surface area (Å²) in [4.78, 5) is 25.1. The highest BCUT2D eigenvalue weighted by Gasteiger charge is 2.33. The molecule has 5 nitrogen and oxygen atoms in total. The molecule has 3 N–H and O–H groups in total. The van der Waals surface area contributed by atoms with Crippen molar-refractivity contribution in [3.05, 3.63) is 28.2 Å². The van der Waals surface area contributed by atoms with Crippen molar-refractivity contribution >= 4 is 45.3 Å². The maximum atomic E-state index is 12.5. The van der Waals surface area contributed by atoms with E-state index in [2.05, 4.69) is 15.9 Å². The smallest absolute Gasteiger partial charge is 0.327 e. The number of hydrogen-bond acceptors (Lipinski definition) is 4. The molecule has 1 fully saturated rings. The van der Waals surface area contributed by atoms with Gasteiger partial charge < -0.3 is 15.7 Å². The summed E-state index contributed by atoms with van der Waals surface area (Å²) in [5, 5.41) is 9.18. The van der Waals surface area contributed by atoms with E-state index in [0.29, 0.717) is 28.0 Å². The van der Waals surface area contributed by atoms with Gasteiger partial charge in [0, 0.05) is 28.2 Å². The van der Waals surface area contributed by atoms with E-state index in [1.54, 1.807) is 30.0 Å². The monoisotopic (exact) mass is 344 g/mol. The Morgan fingerprint density at radius 3 is 2.89 bits per heavy atom. The van der Waals surface area contributed by atoms with Gasteiger partial charge in [-0.15, -0.1) is 0 Å². The fourth-order valence-corrected chi connectivity index (χ4v) is 3.37. The second-order valence-corrected chi connectivity index (χ2v) is 6.17. The van der Waals surface area contributed by atoms with E-state index < -0.39 is 12.0 Å². The van der Waals surface area contributed by atoms with Gasteiger partial charge in [0.25, 0.3) is 5.91 Å². The fraction of sp³-hybridized carbons (Fsp3) is 0.333. The average Bonchev–Trinajstić information content (AvgIpc) is 2.40. The number of nitrogens with two attached hydrogens (primary N) is 1. The number of carbonyl (C=O) groups is 2. The molecule has 0 bridgehead atoms. The van der Waals surface area contributed by atoms with Crippen LogP contribution in [-0.2, 0) is 4.79 Å². The molecule has 2 rings (SSSR count). The van der Waals surface area contributed by atoms with E-state index in [9.17, 15) is 14.7 Å².